The van der Waals surface area contributed by atoms with Gasteiger partial charge in [-0.2, -0.15) is 9.40 Å². The topological polar surface area (TPSA) is 84.3 Å². The molecule has 2 aromatic rings. The van der Waals surface area contributed by atoms with Crippen molar-refractivity contribution in [1.29, 1.82) is 0 Å². The van der Waals surface area contributed by atoms with Crippen LogP contribution in [0.3, 0.4) is 0 Å². The van der Waals surface area contributed by atoms with Crippen molar-refractivity contribution in [3.8, 4) is 0 Å². The fourth-order valence-corrected chi connectivity index (χ4v) is 5.67. The number of sulfonamides is 1. The Morgan fingerprint density at radius 1 is 1.26 bits per heavy atom. The molecule has 0 unspecified atom stereocenters. The molecular formula is C17H20Cl2N4O3S. The SMILES string of the molecule is Cn1cc(CNC(=O)C2CCN(S(=O)(=O)c3c(Cl)cccc3Cl)CC2)cn1. The molecule has 1 aromatic carbocycles. The number of hydrogen-bond donors (Lipinski definition) is 1. The van der Waals surface area contributed by atoms with Gasteiger partial charge in [0.2, 0.25) is 15.9 Å². The minimum Gasteiger partial charge on any atom is -0.352 e. The van der Waals surface area contributed by atoms with Crippen molar-refractivity contribution in [2.45, 2.75) is 24.3 Å². The summed E-state index contributed by atoms with van der Waals surface area (Å²) in [4.78, 5) is 12.3. The molecule has 0 radical (unpaired) electrons. The lowest BCUT2D eigenvalue weighted by Gasteiger charge is -2.31. The molecule has 0 saturated carbocycles. The number of carbonyl (C=O) groups excluding carboxylic acids is 1. The van der Waals surface area contributed by atoms with Crippen molar-refractivity contribution < 1.29 is 13.2 Å². The second-order valence-corrected chi connectivity index (χ2v) is 9.16. The number of amides is 1. The Morgan fingerprint density at radius 2 is 1.89 bits per heavy atom. The molecule has 146 valence electrons. The molecule has 1 aromatic heterocycles. The second kappa shape index (κ2) is 8.18. The summed E-state index contributed by atoms with van der Waals surface area (Å²) >= 11 is 12.1. The van der Waals surface area contributed by atoms with E-state index in [1.54, 1.807) is 16.9 Å². The van der Waals surface area contributed by atoms with E-state index in [4.69, 9.17) is 23.2 Å². The first kappa shape index (κ1) is 20.1. The Kier molecular flexibility index (Phi) is 6.10. The van der Waals surface area contributed by atoms with Gasteiger partial charge in [-0.25, -0.2) is 8.42 Å². The average Bonchev–Trinajstić information content (AvgIpc) is 3.05. The smallest absolute Gasteiger partial charge is 0.246 e. The fraction of sp³-hybridized carbons (Fsp3) is 0.412. The molecular weight excluding hydrogens is 411 g/mol. The molecule has 1 fully saturated rings. The van der Waals surface area contributed by atoms with Crippen LogP contribution in [0.5, 0.6) is 0 Å². The van der Waals surface area contributed by atoms with E-state index in [-0.39, 0.29) is 39.9 Å². The molecule has 0 spiro atoms. The van der Waals surface area contributed by atoms with E-state index in [9.17, 15) is 13.2 Å². The zero-order valence-corrected chi connectivity index (χ0v) is 17.1. The number of piperidine rings is 1. The molecule has 1 saturated heterocycles. The largest absolute Gasteiger partial charge is 0.352 e. The predicted molar refractivity (Wildman–Crippen MR) is 103 cm³/mol. The first-order valence-corrected chi connectivity index (χ1v) is 10.7. The van der Waals surface area contributed by atoms with Crippen molar-refractivity contribution in [1.82, 2.24) is 19.4 Å². The predicted octanol–water partition coefficient (Wildman–Crippen LogP) is 2.44. The molecule has 10 heteroatoms. The number of rotatable bonds is 5. The van der Waals surface area contributed by atoms with Crippen LogP contribution in [0.15, 0.2) is 35.5 Å². The maximum atomic E-state index is 12.9. The third-order valence-corrected chi connectivity index (χ3v) is 7.42. The van der Waals surface area contributed by atoms with Crippen LogP contribution in [0.4, 0.5) is 0 Å². The van der Waals surface area contributed by atoms with Gasteiger partial charge in [-0.1, -0.05) is 29.3 Å². The Hall–Kier alpha value is -1.61. The van der Waals surface area contributed by atoms with Gasteiger partial charge in [0, 0.05) is 44.4 Å². The number of hydrogen-bond acceptors (Lipinski definition) is 4. The van der Waals surface area contributed by atoms with Crippen molar-refractivity contribution in [3.63, 3.8) is 0 Å². The van der Waals surface area contributed by atoms with E-state index < -0.39 is 10.0 Å². The van der Waals surface area contributed by atoms with Crippen LogP contribution in [-0.4, -0.2) is 41.5 Å². The average molecular weight is 431 g/mol. The summed E-state index contributed by atoms with van der Waals surface area (Å²) in [6.07, 6.45) is 4.42. The van der Waals surface area contributed by atoms with E-state index in [0.29, 0.717) is 19.4 Å². The van der Waals surface area contributed by atoms with Gasteiger partial charge in [-0.05, 0) is 25.0 Å². The molecule has 1 aliphatic rings. The molecule has 0 atom stereocenters. The highest BCUT2D eigenvalue weighted by atomic mass is 35.5. The summed E-state index contributed by atoms with van der Waals surface area (Å²) < 4.78 is 28.7. The number of aromatic nitrogens is 2. The van der Waals surface area contributed by atoms with Crippen molar-refractivity contribution >= 4 is 39.1 Å². The van der Waals surface area contributed by atoms with Gasteiger partial charge < -0.3 is 5.32 Å². The summed E-state index contributed by atoms with van der Waals surface area (Å²) in [5.41, 5.74) is 0.916. The first-order valence-electron chi connectivity index (χ1n) is 8.48. The summed E-state index contributed by atoms with van der Waals surface area (Å²) in [6, 6.07) is 4.60. The van der Waals surface area contributed by atoms with Crippen LogP contribution < -0.4 is 5.32 Å². The van der Waals surface area contributed by atoms with E-state index in [0.717, 1.165) is 5.56 Å². The Labute approximate surface area is 168 Å². The minimum atomic E-state index is -3.80. The van der Waals surface area contributed by atoms with Gasteiger partial charge in [0.15, 0.2) is 0 Å². The minimum absolute atomic E-state index is 0.0761. The number of aryl methyl sites for hydroxylation is 1. The van der Waals surface area contributed by atoms with Crippen LogP contribution in [0.25, 0.3) is 0 Å². The van der Waals surface area contributed by atoms with E-state index >= 15 is 0 Å². The quantitative estimate of drug-likeness (QED) is 0.788. The van der Waals surface area contributed by atoms with Gasteiger partial charge in [-0.3, -0.25) is 9.48 Å². The second-order valence-electron chi connectivity index (χ2n) is 6.47. The van der Waals surface area contributed by atoms with E-state index in [1.165, 1.54) is 16.4 Å². The maximum Gasteiger partial charge on any atom is 0.246 e. The van der Waals surface area contributed by atoms with E-state index in [1.807, 2.05) is 13.2 Å². The number of benzene rings is 1. The molecule has 3 rings (SSSR count). The highest BCUT2D eigenvalue weighted by Gasteiger charge is 2.34. The fourth-order valence-electron chi connectivity index (χ4n) is 3.11. The van der Waals surface area contributed by atoms with Gasteiger partial charge in [0.05, 0.1) is 16.2 Å². The third-order valence-electron chi connectivity index (χ3n) is 4.57. The van der Waals surface area contributed by atoms with Crippen molar-refractivity contribution in [2.75, 3.05) is 13.1 Å². The monoisotopic (exact) mass is 430 g/mol. The van der Waals surface area contributed by atoms with E-state index in [2.05, 4.69) is 10.4 Å². The van der Waals surface area contributed by atoms with Gasteiger partial charge in [0.25, 0.3) is 0 Å². The molecule has 7 nitrogen and oxygen atoms in total. The number of nitrogens with zero attached hydrogens (tertiary/aromatic N) is 3. The summed E-state index contributed by atoms with van der Waals surface area (Å²) in [5.74, 6) is -0.304. The summed E-state index contributed by atoms with van der Waals surface area (Å²) in [6.45, 7) is 0.893. The molecule has 0 aliphatic carbocycles. The normalized spacial score (nSPS) is 16.4. The van der Waals surface area contributed by atoms with Crippen LogP contribution >= 0.6 is 23.2 Å². The first-order chi connectivity index (χ1) is 12.8. The molecule has 2 heterocycles. The lowest BCUT2D eigenvalue weighted by molar-refractivity contribution is -0.126. The van der Waals surface area contributed by atoms with Crippen LogP contribution in [-0.2, 0) is 28.4 Å². The van der Waals surface area contributed by atoms with Crippen molar-refractivity contribution in [2.24, 2.45) is 13.0 Å². The lowest BCUT2D eigenvalue weighted by atomic mass is 9.97. The highest BCUT2D eigenvalue weighted by Crippen LogP contribution is 2.33. The number of nitrogens with one attached hydrogen (secondary N) is 1. The summed E-state index contributed by atoms with van der Waals surface area (Å²) in [7, 11) is -1.99. The van der Waals surface area contributed by atoms with Gasteiger partial charge in [-0.15, -0.1) is 0 Å². The Morgan fingerprint density at radius 3 is 2.44 bits per heavy atom. The lowest BCUT2D eigenvalue weighted by Crippen LogP contribution is -2.43. The van der Waals surface area contributed by atoms with Crippen LogP contribution in [0.2, 0.25) is 10.0 Å². The highest BCUT2D eigenvalue weighted by molar-refractivity contribution is 7.89. The zero-order valence-electron chi connectivity index (χ0n) is 14.7. The summed E-state index contributed by atoms with van der Waals surface area (Å²) in [5, 5.41) is 7.13. The number of carbonyl (C=O) groups is 1. The van der Waals surface area contributed by atoms with Gasteiger partial charge >= 0.3 is 0 Å². The molecule has 27 heavy (non-hydrogen) atoms. The van der Waals surface area contributed by atoms with Crippen LogP contribution in [0, 0.1) is 5.92 Å². The molecule has 1 amide bonds. The molecule has 1 aliphatic heterocycles. The maximum absolute atomic E-state index is 12.9. The molecule has 0 bridgehead atoms. The number of halogens is 2. The third kappa shape index (κ3) is 4.45. The zero-order chi connectivity index (χ0) is 19.6. The van der Waals surface area contributed by atoms with Crippen molar-refractivity contribution in [3.05, 3.63) is 46.2 Å². The Balaban J connectivity index is 1.60. The van der Waals surface area contributed by atoms with Gasteiger partial charge in [0.1, 0.15) is 4.90 Å². The molecule has 1 N–H and O–H groups in total. The van der Waals surface area contributed by atoms with Crippen LogP contribution in [0.1, 0.15) is 18.4 Å². The Bertz CT molecular complexity index is 917. The standard InChI is InChI=1S/C17H20Cl2N4O3S/c1-22-11-12(10-21-22)9-20-17(24)13-5-7-23(8-6-13)27(25,26)16-14(18)3-2-4-15(16)19/h2-4,10-11,13H,5-9H2,1H3,(H,20,24).